The van der Waals surface area contributed by atoms with Crippen LogP contribution in [0.15, 0.2) is 46.9 Å². The maximum absolute atomic E-state index is 12.6. The summed E-state index contributed by atoms with van der Waals surface area (Å²) in [6, 6.07) is 12.6. The van der Waals surface area contributed by atoms with Crippen LogP contribution in [0.3, 0.4) is 0 Å². The van der Waals surface area contributed by atoms with Crippen molar-refractivity contribution in [3.8, 4) is 11.5 Å². The van der Waals surface area contributed by atoms with Gasteiger partial charge in [-0.05, 0) is 48.7 Å². The number of halogens is 1. The summed E-state index contributed by atoms with van der Waals surface area (Å²) >= 11 is 3.39. The number of fused-ring (bicyclic) bond motifs is 1. The van der Waals surface area contributed by atoms with Crippen LogP contribution in [0.5, 0.6) is 11.5 Å². The van der Waals surface area contributed by atoms with Crippen molar-refractivity contribution >= 4 is 27.7 Å². The van der Waals surface area contributed by atoms with E-state index in [0.717, 1.165) is 22.9 Å². The zero-order chi connectivity index (χ0) is 18.1. The molecule has 1 aliphatic heterocycles. The van der Waals surface area contributed by atoms with Crippen molar-refractivity contribution in [2.45, 2.75) is 18.3 Å². The minimum atomic E-state index is -0.555. The first-order valence-corrected chi connectivity index (χ1v) is 9.14. The summed E-state index contributed by atoms with van der Waals surface area (Å²) in [6.07, 6.45) is 1.53. The van der Waals surface area contributed by atoms with Crippen LogP contribution in [0.25, 0.3) is 0 Å². The van der Waals surface area contributed by atoms with Crippen LogP contribution in [0.4, 0.5) is 0 Å². The van der Waals surface area contributed by atoms with Gasteiger partial charge in [0.05, 0.1) is 5.41 Å². The minimum absolute atomic E-state index is 0.203. The Morgan fingerprint density at radius 3 is 2.31 bits per heavy atom. The maximum atomic E-state index is 12.6. The first-order chi connectivity index (χ1) is 12.6. The fraction of sp³-hybridized carbons (Fsp3) is 0.263. The molecule has 1 aliphatic carbocycles. The van der Waals surface area contributed by atoms with Crippen molar-refractivity contribution in [3.63, 3.8) is 0 Å². The van der Waals surface area contributed by atoms with E-state index in [-0.39, 0.29) is 5.91 Å². The van der Waals surface area contributed by atoms with E-state index in [0.29, 0.717) is 30.3 Å². The van der Waals surface area contributed by atoms with E-state index in [2.05, 4.69) is 26.8 Å². The Kier molecular flexibility index (Phi) is 4.32. The number of rotatable bonds is 3. The smallest absolute Gasteiger partial charge is 0.269 e. The number of benzene rings is 2. The monoisotopic (exact) mass is 416 g/mol. The Hall–Kier alpha value is -2.54. The van der Waals surface area contributed by atoms with Crippen LogP contribution >= 0.6 is 15.9 Å². The Balaban J connectivity index is 1.41. The van der Waals surface area contributed by atoms with Gasteiger partial charge >= 0.3 is 0 Å². The van der Waals surface area contributed by atoms with Gasteiger partial charge in [0.25, 0.3) is 5.91 Å². The SMILES string of the molecule is O=C(NNC(=O)C1(c2ccc(Br)cc2)CC1)c1ccc2c(c1)OCCO2. The summed E-state index contributed by atoms with van der Waals surface area (Å²) in [5, 5.41) is 0. The number of ether oxygens (including phenoxy) is 2. The molecule has 0 bridgehead atoms. The fourth-order valence-electron chi connectivity index (χ4n) is 3.03. The van der Waals surface area contributed by atoms with Crippen molar-refractivity contribution in [2.75, 3.05) is 13.2 Å². The molecule has 2 aromatic rings. The lowest BCUT2D eigenvalue weighted by atomic mass is 9.95. The van der Waals surface area contributed by atoms with Crippen LogP contribution in [-0.2, 0) is 10.2 Å². The van der Waals surface area contributed by atoms with E-state index < -0.39 is 11.3 Å². The number of carbonyl (C=O) groups excluding carboxylic acids is 2. The van der Waals surface area contributed by atoms with Gasteiger partial charge in [-0.2, -0.15) is 0 Å². The molecule has 0 unspecified atom stereocenters. The number of amides is 2. The van der Waals surface area contributed by atoms with E-state index in [9.17, 15) is 9.59 Å². The molecule has 2 aromatic carbocycles. The third kappa shape index (κ3) is 3.14. The van der Waals surface area contributed by atoms with Gasteiger partial charge in [-0.25, -0.2) is 0 Å². The third-order valence-corrected chi connectivity index (χ3v) is 5.20. The summed E-state index contributed by atoms with van der Waals surface area (Å²) in [4.78, 5) is 24.9. The highest BCUT2D eigenvalue weighted by molar-refractivity contribution is 9.10. The summed E-state index contributed by atoms with van der Waals surface area (Å²) in [5.41, 5.74) is 5.83. The summed E-state index contributed by atoms with van der Waals surface area (Å²) in [6.45, 7) is 0.942. The maximum Gasteiger partial charge on any atom is 0.269 e. The van der Waals surface area contributed by atoms with Gasteiger partial charge in [0.15, 0.2) is 11.5 Å². The van der Waals surface area contributed by atoms with Gasteiger partial charge in [0.1, 0.15) is 13.2 Å². The van der Waals surface area contributed by atoms with E-state index in [1.807, 2.05) is 24.3 Å². The summed E-state index contributed by atoms with van der Waals surface area (Å²) < 4.78 is 11.9. The molecule has 26 heavy (non-hydrogen) atoms. The molecule has 1 heterocycles. The van der Waals surface area contributed by atoms with Gasteiger partial charge in [0.2, 0.25) is 5.91 Å². The molecule has 0 radical (unpaired) electrons. The molecule has 0 aromatic heterocycles. The van der Waals surface area contributed by atoms with E-state index in [1.165, 1.54) is 0 Å². The third-order valence-electron chi connectivity index (χ3n) is 4.68. The predicted molar refractivity (Wildman–Crippen MR) is 98.1 cm³/mol. The second-order valence-electron chi connectivity index (χ2n) is 6.36. The standard InChI is InChI=1S/C19H17BrN2O4/c20-14-4-2-13(3-5-14)19(7-8-19)18(24)22-21-17(23)12-1-6-15-16(11-12)26-10-9-25-15/h1-6,11H,7-10H2,(H,21,23)(H,22,24). The van der Waals surface area contributed by atoms with Crippen molar-refractivity contribution < 1.29 is 19.1 Å². The van der Waals surface area contributed by atoms with Crippen LogP contribution in [0.1, 0.15) is 28.8 Å². The van der Waals surface area contributed by atoms with Crippen molar-refractivity contribution in [2.24, 2.45) is 0 Å². The molecule has 1 saturated carbocycles. The molecule has 2 amide bonds. The molecule has 134 valence electrons. The molecule has 0 atom stereocenters. The van der Waals surface area contributed by atoms with Crippen LogP contribution in [0, 0.1) is 0 Å². The molecule has 6 nitrogen and oxygen atoms in total. The van der Waals surface area contributed by atoms with Gasteiger partial charge in [-0.3, -0.25) is 20.4 Å². The molecular formula is C19H17BrN2O4. The lowest BCUT2D eigenvalue weighted by Crippen LogP contribution is -2.46. The molecule has 0 saturated heterocycles. The molecule has 0 spiro atoms. The van der Waals surface area contributed by atoms with E-state index in [1.54, 1.807) is 18.2 Å². The van der Waals surface area contributed by atoms with Crippen molar-refractivity contribution in [1.29, 1.82) is 0 Å². The van der Waals surface area contributed by atoms with E-state index in [4.69, 9.17) is 9.47 Å². The molecule has 2 aliphatic rings. The fourth-order valence-corrected chi connectivity index (χ4v) is 3.30. The lowest BCUT2D eigenvalue weighted by molar-refractivity contribution is -0.124. The van der Waals surface area contributed by atoms with Gasteiger partial charge in [-0.15, -0.1) is 0 Å². The van der Waals surface area contributed by atoms with Gasteiger partial charge < -0.3 is 9.47 Å². The van der Waals surface area contributed by atoms with Gasteiger partial charge in [-0.1, -0.05) is 28.1 Å². The van der Waals surface area contributed by atoms with Crippen molar-refractivity contribution in [3.05, 3.63) is 58.1 Å². The lowest BCUT2D eigenvalue weighted by Gasteiger charge is -2.19. The quantitative estimate of drug-likeness (QED) is 0.754. The number of nitrogens with one attached hydrogen (secondary N) is 2. The van der Waals surface area contributed by atoms with Gasteiger partial charge in [0, 0.05) is 10.0 Å². The summed E-state index contributed by atoms with van der Waals surface area (Å²) in [7, 11) is 0. The zero-order valence-electron chi connectivity index (χ0n) is 13.9. The first kappa shape index (κ1) is 16.9. The zero-order valence-corrected chi connectivity index (χ0v) is 15.5. The number of hydrogen-bond donors (Lipinski definition) is 2. The Morgan fingerprint density at radius 2 is 1.62 bits per heavy atom. The Morgan fingerprint density at radius 1 is 0.923 bits per heavy atom. The number of hydrogen-bond acceptors (Lipinski definition) is 4. The van der Waals surface area contributed by atoms with Crippen LogP contribution in [0.2, 0.25) is 0 Å². The summed E-state index contributed by atoms with van der Waals surface area (Å²) in [5.74, 6) is 0.542. The molecule has 4 rings (SSSR count). The average molecular weight is 417 g/mol. The topological polar surface area (TPSA) is 76.7 Å². The molecule has 2 N–H and O–H groups in total. The number of carbonyl (C=O) groups is 2. The van der Waals surface area contributed by atoms with Crippen molar-refractivity contribution in [1.82, 2.24) is 10.9 Å². The van der Waals surface area contributed by atoms with Crippen LogP contribution < -0.4 is 20.3 Å². The Bertz CT molecular complexity index is 862. The average Bonchev–Trinajstić information content (AvgIpc) is 3.48. The first-order valence-electron chi connectivity index (χ1n) is 8.35. The molecule has 1 fully saturated rings. The predicted octanol–water partition coefficient (Wildman–Crippen LogP) is 2.71. The highest BCUT2D eigenvalue weighted by atomic mass is 79.9. The second-order valence-corrected chi connectivity index (χ2v) is 7.27. The highest BCUT2D eigenvalue weighted by Crippen LogP contribution is 2.48. The highest BCUT2D eigenvalue weighted by Gasteiger charge is 2.51. The minimum Gasteiger partial charge on any atom is -0.486 e. The second kappa shape index (κ2) is 6.64. The van der Waals surface area contributed by atoms with E-state index >= 15 is 0 Å². The molecule has 7 heteroatoms. The largest absolute Gasteiger partial charge is 0.486 e. The number of hydrazine groups is 1. The Labute approximate surface area is 159 Å². The van der Waals surface area contributed by atoms with Crippen LogP contribution in [-0.4, -0.2) is 25.0 Å². The normalized spacial score (nSPS) is 16.5. The molecular weight excluding hydrogens is 400 g/mol.